The Morgan fingerprint density at radius 2 is 2.06 bits per heavy atom. The van der Waals surface area contributed by atoms with Crippen molar-refractivity contribution in [2.24, 2.45) is 0 Å². The lowest BCUT2D eigenvalue weighted by atomic mass is 9.79. The molecule has 1 aromatic carbocycles. The lowest BCUT2D eigenvalue weighted by Crippen LogP contribution is -2.34. The predicted octanol–water partition coefficient (Wildman–Crippen LogP) is 1.77. The van der Waals surface area contributed by atoms with E-state index in [2.05, 4.69) is 0 Å². The van der Waals surface area contributed by atoms with Gasteiger partial charge in [-0.05, 0) is 18.1 Å². The van der Waals surface area contributed by atoms with Gasteiger partial charge in [0.2, 0.25) is 0 Å². The zero-order chi connectivity index (χ0) is 13.1. The summed E-state index contributed by atoms with van der Waals surface area (Å²) in [6.07, 6.45) is -0.219. The molecule has 94 valence electrons. The molecule has 1 aromatic rings. The molecule has 0 amide bonds. The van der Waals surface area contributed by atoms with Gasteiger partial charge in [-0.2, -0.15) is 0 Å². The number of carboxylic acid groups (broad SMARTS) is 1. The molecule has 0 spiro atoms. The third-order valence-corrected chi connectivity index (χ3v) is 2.29. The summed E-state index contributed by atoms with van der Waals surface area (Å²) in [5, 5.41) is 8.51. The van der Waals surface area contributed by atoms with E-state index in [1.807, 2.05) is 0 Å². The minimum atomic E-state index is -5.08. The molecule has 0 radical (unpaired) electrons. The monoisotopic (exact) mass is 247 g/mol. The highest BCUT2D eigenvalue weighted by Crippen LogP contribution is 2.20. The Kier molecular flexibility index (Phi) is 4.04. The van der Waals surface area contributed by atoms with Crippen LogP contribution in [-0.2, 0) is 11.2 Å². The Morgan fingerprint density at radius 1 is 1.41 bits per heavy atom. The van der Waals surface area contributed by atoms with Crippen LogP contribution in [0.5, 0.6) is 5.75 Å². The Morgan fingerprint density at radius 3 is 2.53 bits per heavy atom. The normalized spacial score (nSPS) is 11.3. The first kappa shape index (κ1) is 13.4. The third kappa shape index (κ3) is 3.69. The average molecular weight is 247 g/mol. The number of hydrogen-bond donors (Lipinski definition) is 1. The minimum Gasteiger partial charge on any atom is -0.496 e. The second kappa shape index (κ2) is 5.12. The molecule has 17 heavy (non-hydrogen) atoms. The molecule has 0 saturated heterocycles. The fourth-order valence-corrected chi connectivity index (χ4v) is 1.44. The van der Waals surface area contributed by atoms with Gasteiger partial charge in [-0.1, -0.05) is 12.1 Å². The Hall–Kier alpha value is -1.66. The third-order valence-electron chi connectivity index (χ3n) is 2.29. The highest BCUT2D eigenvalue weighted by Gasteiger charge is 2.26. The summed E-state index contributed by atoms with van der Waals surface area (Å²) in [5.74, 6) is -0.787. The second-order valence-electron chi connectivity index (χ2n) is 3.54. The SMILES string of the molecule is COc1ccc([B-](F)(F)F)cc1CCC(=O)O. The smallest absolute Gasteiger partial charge is 0.496 e. The number of aryl methyl sites for hydroxylation is 1. The van der Waals surface area contributed by atoms with E-state index in [0.717, 1.165) is 12.1 Å². The van der Waals surface area contributed by atoms with Crippen molar-refractivity contribution in [1.29, 1.82) is 0 Å². The molecule has 0 aliphatic rings. The van der Waals surface area contributed by atoms with E-state index in [1.54, 1.807) is 0 Å². The van der Waals surface area contributed by atoms with Crippen molar-refractivity contribution in [1.82, 2.24) is 0 Å². The summed E-state index contributed by atoms with van der Waals surface area (Å²) >= 11 is 0. The van der Waals surface area contributed by atoms with Gasteiger partial charge in [0.25, 0.3) is 0 Å². The van der Waals surface area contributed by atoms with E-state index in [4.69, 9.17) is 9.84 Å². The van der Waals surface area contributed by atoms with Crippen molar-refractivity contribution in [3.8, 4) is 5.75 Å². The molecule has 0 aliphatic carbocycles. The molecule has 1 rings (SSSR count). The highest BCUT2D eigenvalue weighted by atomic mass is 19.4. The number of rotatable bonds is 5. The number of hydrogen-bond acceptors (Lipinski definition) is 2. The fraction of sp³-hybridized carbons (Fsp3) is 0.300. The maximum absolute atomic E-state index is 12.5. The van der Waals surface area contributed by atoms with Crippen LogP contribution in [0.3, 0.4) is 0 Å². The zero-order valence-electron chi connectivity index (χ0n) is 9.12. The molecule has 0 saturated carbocycles. The fourth-order valence-electron chi connectivity index (χ4n) is 1.44. The van der Waals surface area contributed by atoms with Crippen molar-refractivity contribution in [3.63, 3.8) is 0 Å². The molecule has 3 nitrogen and oxygen atoms in total. The van der Waals surface area contributed by atoms with Gasteiger partial charge in [-0.3, -0.25) is 4.79 Å². The number of halogens is 3. The summed E-state index contributed by atoms with van der Waals surface area (Å²) in [7, 11) is 1.33. The zero-order valence-corrected chi connectivity index (χ0v) is 9.12. The van der Waals surface area contributed by atoms with E-state index >= 15 is 0 Å². The molecule has 0 atom stereocenters. The van der Waals surface area contributed by atoms with E-state index in [-0.39, 0.29) is 24.2 Å². The number of benzene rings is 1. The molecule has 0 unspecified atom stereocenters. The van der Waals surface area contributed by atoms with Gasteiger partial charge in [0.1, 0.15) is 5.75 Å². The van der Waals surface area contributed by atoms with Crippen LogP contribution < -0.4 is 10.2 Å². The van der Waals surface area contributed by atoms with Crippen molar-refractivity contribution in [2.75, 3.05) is 7.11 Å². The molecule has 0 heterocycles. The van der Waals surface area contributed by atoms with Crippen LogP contribution in [0.2, 0.25) is 0 Å². The summed E-state index contributed by atoms with van der Waals surface area (Å²) < 4.78 is 42.4. The second-order valence-corrected chi connectivity index (χ2v) is 3.54. The van der Waals surface area contributed by atoms with Crippen LogP contribution >= 0.6 is 0 Å². The Balaban J connectivity index is 3.02. The first-order valence-corrected chi connectivity index (χ1v) is 4.93. The molecule has 0 bridgehead atoms. The van der Waals surface area contributed by atoms with Gasteiger partial charge in [-0.25, -0.2) is 0 Å². The van der Waals surface area contributed by atoms with Crippen molar-refractivity contribution >= 4 is 18.4 Å². The van der Waals surface area contributed by atoms with E-state index in [0.29, 0.717) is 0 Å². The topological polar surface area (TPSA) is 46.5 Å². The van der Waals surface area contributed by atoms with Gasteiger partial charge >= 0.3 is 12.9 Å². The van der Waals surface area contributed by atoms with Gasteiger partial charge in [-0.15, -0.1) is 5.46 Å². The molecule has 0 aliphatic heterocycles. The maximum Gasteiger partial charge on any atom is 0.509 e. The van der Waals surface area contributed by atoms with Crippen molar-refractivity contribution < 1.29 is 27.6 Å². The predicted molar refractivity (Wildman–Crippen MR) is 57.7 cm³/mol. The van der Waals surface area contributed by atoms with E-state index in [1.165, 1.54) is 13.2 Å². The van der Waals surface area contributed by atoms with Crippen molar-refractivity contribution in [3.05, 3.63) is 23.8 Å². The summed E-state index contributed by atoms with van der Waals surface area (Å²) in [4.78, 5) is 10.4. The first-order valence-electron chi connectivity index (χ1n) is 4.93. The van der Waals surface area contributed by atoms with Crippen LogP contribution in [0.25, 0.3) is 0 Å². The van der Waals surface area contributed by atoms with Crippen LogP contribution in [0.1, 0.15) is 12.0 Å². The Labute approximate surface area is 96.3 Å². The van der Waals surface area contributed by atoms with Gasteiger partial charge in [0, 0.05) is 6.42 Å². The van der Waals surface area contributed by atoms with Crippen molar-refractivity contribution in [2.45, 2.75) is 12.8 Å². The van der Waals surface area contributed by atoms with Gasteiger partial charge in [0.05, 0.1) is 7.11 Å². The first-order chi connectivity index (χ1) is 7.84. The van der Waals surface area contributed by atoms with Crippen LogP contribution in [0.15, 0.2) is 18.2 Å². The van der Waals surface area contributed by atoms with Crippen LogP contribution in [-0.4, -0.2) is 25.2 Å². The lowest BCUT2D eigenvalue weighted by Gasteiger charge is -2.17. The Bertz CT molecular complexity index is 418. The molecule has 0 fully saturated rings. The highest BCUT2D eigenvalue weighted by molar-refractivity contribution is 6.73. The minimum absolute atomic E-state index is 0.0124. The summed E-state index contributed by atoms with van der Waals surface area (Å²) in [6, 6.07) is 3.09. The van der Waals surface area contributed by atoms with Gasteiger partial charge in [0.15, 0.2) is 0 Å². The number of carbonyl (C=O) groups is 1. The molecule has 0 aromatic heterocycles. The average Bonchev–Trinajstić information content (AvgIpc) is 2.24. The molecular weight excluding hydrogens is 236 g/mol. The maximum atomic E-state index is 12.5. The van der Waals surface area contributed by atoms with Gasteiger partial charge < -0.3 is 22.8 Å². The standard InChI is InChI=1S/C10H11BF3O3/c1-17-9-4-3-8(11(12,13)14)6-7(9)2-5-10(15)16/h3-4,6H,2,5H2,1H3,(H,15,16)/q-1. The number of methoxy groups -OCH3 is 1. The molecular formula is C10H11BF3O3-. The van der Waals surface area contributed by atoms with Crippen LogP contribution in [0, 0.1) is 0 Å². The number of aliphatic carboxylic acids is 1. The molecule has 7 heteroatoms. The quantitative estimate of drug-likeness (QED) is 0.806. The number of carboxylic acids is 1. The van der Waals surface area contributed by atoms with E-state index < -0.39 is 18.4 Å². The number of ether oxygens (including phenoxy) is 1. The summed E-state index contributed by atoms with van der Waals surface area (Å²) in [5.41, 5.74) is -0.488. The van der Waals surface area contributed by atoms with E-state index in [9.17, 15) is 17.7 Å². The van der Waals surface area contributed by atoms with Crippen LogP contribution in [0.4, 0.5) is 12.9 Å². The largest absolute Gasteiger partial charge is 0.509 e. The molecule has 1 N–H and O–H groups in total. The summed E-state index contributed by atoms with van der Waals surface area (Å²) in [6.45, 7) is -5.08. The lowest BCUT2D eigenvalue weighted by molar-refractivity contribution is -0.136.